The van der Waals surface area contributed by atoms with E-state index >= 15 is 0 Å². The summed E-state index contributed by atoms with van der Waals surface area (Å²) in [7, 11) is 0. The molecule has 1 heterocycles. The van der Waals surface area contributed by atoms with Crippen molar-refractivity contribution >= 4 is 0 Å². The monoisotopic (exact) mass is 262 g/mol. The average Bonchev–Trinajstić information content (AvgIpc) is 2.97. The number of H-pyrrole nitrogens is 1. The van der Waals surface area contributed by atoms with Crippen LogP contribution in [0.3, 0.4) is 0 Å². The molecule has 2 nitrogen and oxygen atoms in total. The molecule has 2 heteroatoms. The van der Waals surface area contributed by atoms with Gasteiger partial charge in [-0.25, -0.2) is 0 Å². The smallest absolute Gasteiger partial charge is 0.0923 e. The molecule has 3 rings (SSSR count). The summed E-state index contributed by atoms with van der Waals surface area (Å²) in [6, 6.07) is 21.1. The number of aromatic nitrogens is 2. The molecule has 2 aromatic carbocycles. The second kappa shape index (κ2) is 5.74. The standard InChI is InChI=1S/C18H18N2/c1-14-7-9-15(10-8-14)11-12-17-13-18(20-19-17)16-5-3-2-4-6-16/h2-10,13H,11-12H2,1H3,(H,19,20). The highest BCUT2D eigenvalue weighted by Gasteiger charge is 2.03. The quantitative estimate of drug-likeness (QED) is 0.751. The Labute approximate surface area is 119 Å². The van der Waals surface area contributed by atoms with Gasteiger partial charge in [-0.15, -0.1) is 0 Å². The summed E-state index contributed by atoms with van der Waals surface area (Å²) < 4.78 is 0. The van der Waals surface area contributed by atoms with Crippen LogP contribution < -0.4 is 0 Å². The van der Waals surface area contributed by atoms with Crippen molar-refractivity contribution in [2.75, 3.05) is 0 Å². The van der Waals surface area contributed by atoms with Crippen molar-refractivity contribution in [2.45, 2.75) is 19.8 Å². The van der Waals surface area contributed by atoms with Gasteiger partial charge in [-0.1, -0.05) is 60.2 Å². The van der Waals surface area contributed by atoms with E-state index in [1.165, 1.54) is 16.8 Å². The third kappa shape index (κ3) is 2.97. The molecule has 1 N–H and O–H groups in total. The molecule has 0 saturated heterocycles. The molecule has 0 bridgehead atoms. The molecule has 0 aliphatic carbocycles. The minimum Gasteiger partial charge on any atom is -0.282 e. The number of nitrogens with zero attached hydrogens (tertiary/aromatic N) is 1. The van der Waals surface area contributed by atoms with E-state index in [2.05, 4.69) is 59.6 Å². The Balaban J connectivity index is 1.67. The van der Waals surface area contributed by atoms with Crippen LogP contribution in [0.1, 0.15) is 16.8 Å². The summed E-state index contributed by atoms with van der Waals surface area (Å²) in [5.74, 6) is 0. The van der Waals surface area contributed by atoms with Gasteiger partial charge in [0.05, 0.1) is 5.69 Å². The van der Waals surface area contributed by atoms with E-state index in [9.17, 15) is 0 Å². The van der Waals surface area contributed by atoms with Gasteiger partial charge in [0, 0.05) is 11.3 Å². The predicted molar refractivity (Wildman–Crippen MR) is 82.6 cm³/mol. The Bertz CT molecular complexity index is 666. The van der Waals surface area contributed by atoms with Crippen LogP contribution in [-0.4, -0.2) is 10.2 Å². The fourth-order valence-electron chi connectivity index (χ4n) is 2.28. The lowest BCUT2D eigenvalue weighted by molar-refractivity contribution is 0.893. The van der Waals surface area contributed by atoms with Gasteiger partial charge in [0.1, 0.15) is 0 Å². The van der Waals surface area contributed by atoms with E-state index in [4.69, 9.17) is 0 Å². The Hall–Kier alpha value is -2.35. The van der Waals surface area contributed by atoms with Crippen LogP contribution in [0.2, 0.25) is 0 Å². The Morgan fingerprint density at radius 1 is 0.900 bits per heavy atom. The second-order valence-corrected chi connectivity index (χ2v) is 5.13. The van der Waals surface area contributed by atoms with Gasteiger partial charge in [0.2, 0.25) is 0 Å². The number of nitrogens with one attached hydrogen (secondary N) is 1. The zero-order chi connectivity index (χ0) is 13.8. The molecule has 0 amide bonds. The van der Waals surface area contributed by atoms with Crippen LogP contribution in [0.25, 0.3) is 11.3 Å². The van der Waals surface area contributed by atoms with E-state index in [0.717, 1.165) is 24.1 Å². The topological polar surface area (TPSA) is 28.7 Å². The van der Waals surface area contributed by atoms with Gasteiger partial charge in [0.15, 0.2) is 0 Å². The molecule has 0 atom stereocenters. The normalized spacial score (nSPS) is 10.7. The minimum atomic E-state index is 0.989. The Morgan fingerprint density at radius 3 is 2.40 bits per heavy atom. The zero-order valence-electron chi connectivity index (χ0n) is 11.6. The molecule has 0 fully saturated rings. The van der Waals surface area contributed by atoms with Gasteiger partial charge in [-0.05, 0) is 31.4 Å². The van der Waals surface area contributed by atoms with Crippen molar-refractivity contribution in [3.05, 3.63) is 77.5 Å². The third-order valence-corrected chi connectivity index (χ3v) is 3.50. The molecule has 0 spiro atoms. The first kappa shape index (κ1) is 12.7. The van der Waals surface area contributed by atoms with Gasteiger partial charge < -0.3 is 0 Å². The van der Waals surface area contributed by atoms with Crippen LogP contribution in [0.15, 0.2) is 60.7 Å². The number of rotatable bonds is 4. The van der Waals surface area contributed by atoms with Gasteiger partial charge in [-0.3, -0.25) is 5.10 Å². The number of hydrogen-bond donors (Lipinski definition) is 1. The number of aromatic amines is 1. The predicted octanol–water partition coefficient (Wildman–Crippen LogP) is 4.17. The van der Waals surface area contributed by atoms with E-state index in [1.54, 1.807) is 0 Å². The highest BCUT2D eigenvalue weighted by molar-refractivity contribution is 5.58. The maximum Gasteiger partial charge on any atom is 0.0923 e. The Morgan fingerprint density at radius 2 is 1.65 bits per heavy atom. The van der Waals surface area contributed by atoms with E-state index in [1.807, 2.05) is 18.2 Å². The SMILES string of the molecule is Cc1ccc(CCc2cc(-c3ccccc3)n[nH]2)cc1. The lowest BCUT2D eigenvalue weighted by Crippen LogP contribution is -1.91. The molecular weight excluding hydrogens is 244 g/mol. The van der Waals surface area contributed by atoms with Crippen LogP contribution in [0.5, 0.6) is 0 Å². The summed E-state index contributed by atoms with van der Waals surface area (Å²) in [5.41, 5.74) is 6.03. The average molecular weight is 262 g/mol. The van der Waals surface area contributed by atoms with Crippen molar-refractivity contribution in [2.24, 2.45) is 0 Å². The lowest BCUT2D eigenvalue weighted by Gasteiger charge is -2.00. The first-order valence-electron chi connectivity index (χ1n) is 6.96. The summed E-state index contributed by atoms with van der Waals surface area (Å²) in [6.07, 6.45) is 2.03. The van der Waals surface area contributed by atoms with E-state index in [0.29, 0.717) is 0 Å². The summed E-state index contributed by atoms with van der Waals surface area (Å²) in [5, 5.41) is 7.52. The lowest BCUT2D eigenvalue weighted by atomic mass is 10.1. The maximum atomic E-state index is 4.39. The molecule has 0 unspecified atom stereocenters. The van der Waals surface area contributed by atoms with Crippen molar-refractivity contribution in [3.8, 4) is 11.3 Å². The molecular formula is C18H18N2. The molecule has 1 aromatic heterocycles. The molecule has 3 aromatic rings. The van der Waals surface area contributed by atoms with Crippen molar-refractivity contribution in [1.29, 1.82) is 0 Å². The fourth-order valence-corrected chi connectivity index (χ4v) is 2.28. The van der Waals surface area contributed by atoms with Crippen molar-refractivity contribution in [1.82, 2.24) is 10.2 Å². The van der Waals surface area contributed by atoms with E-state index < -0.39 is 0 Å². The maximum absolute atomic E-state index is 4.39. The van der Waals surface area contributed by atoms with Crippen LogP contribution in [0.4, 0.5) is 0 Å². The highest BCUT2D eigenvalue weighted by Crippen LogP contribution is 2.17. The molecule has 20 heavy (non-hydrogen) atoms. The molecule has 100 valence electrons. The number of aryl methyl sites for hydroxylation is 3. The zero-order valence-corrected chi connectivity index (χ0v) is 11.6. The van der Waals surface area contributed by atoms with Crippen molar-refractivity contribution < 1.29 is 0 Å². The fraction of sp³-hybridized carbons (Fsp3) is 0.167. The second-order valence-electron chi connectivity index (χ2n) is 5.13. The number of benzene rings is 2. The molecule has 0 saturated carbocycles. The molecule has 0 aliphatic heterocycles. The van der Waals surface area contributed by atoms with Gasteiger partial charge >= 0.3 is 0 Å². The first-order chi connectivity index (χ1) is 9.81. The minimum absolute atomic E-state index is 0.989. The number of hydrogen-bond acceptors (Lipinski definition) is 1. The largest absolute Gasteiger partial charge is 0.282 e. The molecule has 0 radical (unpaired) electrons. The molecule has 0 aliphatic rings. The van der Waals surface area contributed by atoms with Gasteiger partial charge in [0.25, 0.3) is 0 Å². The summed E-state index contributed by atoms with van der Waals surface area (Å²) in [6.45, 7) is 2.12. The van der Waals surface area contributed by atoms with Crippen molar-refractivity contribution in [3.63, 3.8) is 0 Å². The van der Waals surface area contributed by atoms with E-state index in [-0.39, 0.29) is 0 Å². The first-order valence-corrected chi connectivity index (χ1v) is 6.96. The van der Waals surface area contributed by atoms with Crippen LogP contribution >= 0.6 is 0 Å². The summed E-state index contributed by atoms with van der Waals surface area (Å²) >= 11 is 0. The third-order valence-electron chi connectivity index (χ3n) is 3.50. The highest BCUT2D eigenvalue weighted by atomic mass is 15.1. The van der Waals surface area contributed by atoms with Gasteiger partial charge in [-0.2, -0.15) is 5.10 Å². The summed E-state index contributed by atoms with van der Waals surface area (Å²) in [4.78, 5) is 0. The Kier molecular flexibility index (Phi) is 3.64. The van der Waals surface area contributed by atoms with Crippen LogP contribution in [-0.2, 0) is 12.8 Å². The van der Waals surface area contributed by atoms with Crippen LogP contribution in [0, 0.1) is 6.92 Å².